The lowest BCUT2D eigenvalue weighted by Crippen LogP contribution is -2.29. The second-order valence-electron chi connectivity index (χ2n) is 3.28. The second-order valence-corrected chi connectivity index (χ2v) is 3.28. The molecule has 0 bridgehead atoms. The largest absolute Gasteiger partial charge is 0.395 e. The van der Waals surface area contributed by atoms with Gasteiger partial charge >= 0.3 is 0 Å². The van der Waals surface area contributed by atoms with Crippen LogP contribution >= 0.6 is 0 Å². The Morgan fingerprint density at radius 3 is 2.57 bits per heavy atom. The lowest BCUT2D eigenvalue weighted by molar-refractivity contribution is -0.118. The average molecular weight is 197 g/mol. The van der Waals surface area contributed by atoms with Gasteiger partial charge in [-0.15, -0.1) is 0 Å². The van der Waals surface area contributed by atoms with Gasteiger partial charge in [0.15, 0.2) is 0 Å². The minimum atomic E-state index is -0.104. The molecule has 14 heavy (non-hydrogen) atoms. The minimum absolute atomic E-state index is 0.0271. The summed E-state index contributed by atoms with van der Waals surface area (Å²) in [6.07, 6.45) is 5.52. The molecule has 1 amide bonds. The van der Waals surface area contributed by atoms with E-state index in [4.69, 9.17) is 5.11 Å². The number of aliphatic hydroxyl groups excluding tert-OH is 1. The van der Waals surface area contributed by atoms with Crippen LogP contribution in [0.3, 0.4) is 0 Å². The highest BCUT2D eigenvalue weighted by atomic mass is 16.3. The number of hydrogen-bond acceptors (Lipinski definition) is 2. The van der Waals surface area contributed by atoms with E-state index >= 15 is 0 Å². The van der Waals surface area contributed by atoms with Gasteiger partial charge in [-0.3, -0.25) is 4.79 Å². The summed E-state index contributed by atoms with van der Waals surface area (Å²) in [5.41, 5.74) is 0.733. The van der Waals surface area contributed by atoms with Crippen LogP contribution in [0.5, 0.6) is 0 Å². The predicted molar refractivity (Wildman–Crippen MR) is 57.8 cm³/mol. The molecule has 0 saturated carbocycles. The van der Waals surface area contributed by atoms with Gasteiger partial charge in [-0.2, -0.15) is 0 Å². The van der Waals surface area contributed by atoms with Gasteiger partial charge in [0.05, 0.1) is 6.61 Å². The zero-order chi connectivity index (χ0) is 11.0. The van der Waals surface area contributed by atoms with Crippen LogP contribution in [0.15, 0.2) is 23.8 Å². The number of carbonyl (C=O) groups excluding carboxylic acids is 1. The molecule has 0 aromatic heterocycles. The van der Waals surface area contributed by atoms with Crippen molar-refractivity contribution in [2.45, 2.75) is 20.8 Å². The molecule has 0 heterocycles. The van der Waals surface area contributed by atoms with E-state index in [1.54, 1.807) is 6.08 Å². The number of nitrogens with one attached hydrogen (secondary N) is 1. The molecule has 0 rings (SSSR count). The zero-order valence-electron chi connectivity index (χ0n) is 9.08. The summed E-state index contributed by atoms with van der Waals surface area (Å²) in [4.78, 5) is 11.5. The van der Waals surface area contributed by atoms with Gasteiger partial charge in [-0.05, 0) is 12.8 Å². The SMILES string of the molecule is C/C=C/C=C(/C(=O)NCCO)C(C)C. The number of allylic oxidation sites excluding steroid dienone is 3. The number of amides is 1. The predicted octanol–water partition coefficient (Wildman–Crippen LogP) is 1.25. The molecule has 3 nitrogen and oxygen atoms in total. The lowest BCUT2D eigenvalue weighted by Gasteiger charge is -2.10. The van der Waals surface area contributed by atoms with Gasteiger partial charge in [-0.25, -0.2) is 0 Å². The summed E-state index contributed by atoms with van der Waals surface area (Å²) in [6.45, 7) is 6.11. The first-order valence-electron chi connectivity index (χ1n) is 4.85. The third kappa shape index (κ3) is 4.82. The Labute approximate surface area is 85.5 Å². The molecule has 0 aromatic rings. The summed E-state index contributed by atoms with van der Waals surface area (Å²) in [5, 5.41) is 11.2. The fraction of sp³-hybridized carbons (Fsp3) is 0.545. The number of carbonyl (C=O) groups is 1. The van der Waals surface area contributed by atoms with E-state index < -0.39 is 0 Å². The van der Waals surface area contributed by atoms with Gasteiger partial charge < -0.3 is 10.4 Å². The van der Waals surface area contributed by atoms with Gasteiger partial charge in [0.1, 0.15) is 0 Å². The monoisotopic (exact) mass is 197 g/mol. The topological polar surface area (TPSA) is 49.3 Å². The van der Waals surface area contributed by atoms with Gasteiger partial charge in [0.25, 0.3) is 0 Å². The van der Waals surface area contributed by atoms with E-state index in [1.807, 2.05) is 32.9 Å². The molecule has 0 radical (unpaired) electrons. The summed E-state index contributed by atoms with van der Waals surface area (Å²) in [7, 11) is 0. The van der Waals surface area contributed by atoms with Crippen molar-refractivity contribution < 1.29 is 9.90 Å². The van der Waals surface area contributed by atoms with E-state index in [0.717, 1.165) is 5.57 Å². The van der Waals surface area contributed by atoms with Crippen LogP contribution in [-0.2, 0) is 4.79 Å². The van der Waals surface area contributed by atoms with E-state index in [0.29, 0.717) is 6.54 Å². The van der Waals surface area contributed by atoms with Crippen LogP contribution in [0.4, 0.5) is 0 Å². The van der Waals surface area contributed by atoms with Crippen LogP contribution < -0.4 is 5.32 Å². The van der Waals surface area contributed by atoms with Crippen molar-refractivity contribution in [2.24, 2.45) is 5.92 Å². The standard InChI is InChI=1S/C11H19NO2/c1-4-5-6-10(9(2)3)11(14)12-7-8-13/h4-6,9,13H,7-8H2,1-3H3,(H,12,14)/b5-4+,10-6+. The normalized spacial score (nSPS) is 12.5. The van der Waals surface area contributed by atoms with E-state index in [9.17, 15) is 4.79 Å². The quantitative estimate of drug-likeness (QED) is 0.515. The highest BCUT2D eigenvalue weighted by Crippen LogP contribution is 2.09. The third-order valence-corrected chi connectivity index (χ3v) is 1.75. The van der Waals surface area contributed by atoms with Crippen LogP contribution in [0.2, 0.25) is 0 Å². The number of aliphatic hydroxyl groups is 1. The van der Waals surface area contributed by atoms with Gasteiger partial charge in [-0.1, -0.05) is 32.1 Å². The smallest absolute Gasteiger partial charge is 0.247 e. The van der Waals surface area contributed by atoms with E-state index in [2.05, 4.69) is 5.32 Å². The Morgan fingerprint density at radius 2 is 2.14 bits per heavy atom. The Morgan fingerprint density at radius 1 is 1.50 bits per heavy atom. The van der Waals surface area contributed by atoms with E-state index in [1.165, 1.54) is 0 Å². The average Bonchev–Trinajstić information content (AvgIpc) is 2.14. The molecule has 0 unspecified atom stereocenters. The van der Waals surface area contributed by atoms with Crippen LogP contribution in [-0.4, -0.2) is 24.2 Å². The van der Waals surface area contributed by atoms with Crippen LogP contribution in [0.25, 0.3) is 0 Å². The molecular weight excluding hydrogens is 178 g/mol. The minimum Gasteiger partial charge on any atom is -0.395 e. The summed E-state index contributed by atoms with van der Waals surface area (Å²) in [6, 6.07) is 0. The highest BCUT2D eigenvalue weighted by Gasteiger charge is 2.11. The molecule has 0 aliphatic rings. The van der Waals surface area contributed by atoms with Crippen molar-refractivity contribution in [3.63, 3.8) is 0 Å². The molecular formula is C11H19NO2. The van der Waals surface area contributed by atoms with Crippen molar-refractivity contribution in [2.75, 3.05) is 13.2 Å². The first-order chi connectivity index (χ1) is 6.63. The molecule has 0 fully saturated rings. The maximum atomic E-state index is 11.5. The lowest BCUT2D eigenvalue weighted by atomic mass is 10.0. The Kier molecular flexibility index (Phi) is 6.76. The Hall–Kier alpha value is -1.09. The summed E-state index contributed by atoms with van der Waals surface area (Å²) >= 11 is 0. The first-order valence-corrected chi connectivity index (χ1v) is 4.85. The summed E-state index contributed by atoms with van der Waals surface area (Å²) < 4.78 is 0. The van der Waals surface area contributed by atoms with Gasteiger partial charge in [0.2, 0.25) is 5.91 Å². The molecule has 2 N–H and O–H groups in total. The molecule has 0 aromatic carbocycles. The maximum Gasteiger partial charge on any atom is 0.247 e. The fourth-order valence-corrected chi connectivity index (χ4v) is 1.00. The van der Waals surface area contributed by atoms with Crippen molar-refractivity contribution in [3.8, 4) is 0 Å². The van der Waals surface area contributed by atoms with Crippen molar-refractivity contribution in [3.05, 3.63) is 23.8 Å². The third-order valence-electron chi connectivity index (χ3n) is 1.75. The van der Waals surface area contributed by atoms with Crippen LogP contribution in [0, 0.1) is 5.92 Å². The second kappa shape index (κ2) is 7.33. The number of rotatable bonds is 5. The number of hydrogen-bond donors (Lipinski definition) is 2. The van der Waals surface area contributed by atoms with E-state index in [-0.39, 0.29) is 18.4 Å². The summed E-state index contributed by atoms with van der Waals surface area (Å²) in [5.74, 6) is 0.0806. The molecule has 0 saturated heterocycles. The van der Waals surface area contributed by atoms with Crippen molar-refractivity contribution >= 4 is 5.91 Å². The molecule has 3 heteroatoms. The van der Waals surface area contributed by atoms with Gasteiger partial charge in [0, 0.05) is 12.1 Å². The zero-order valence-corrected chi connectivity index (χ0v) is 9.08. The Balaban J connectivity index is 4.42. The maximum absolute atomic E-state index is 11.5. The Bertz CT molecular complexity index is 229. The van der Waals surface area contributed by atoms with Crippen molar-refractivity contribution in [1.82, 2.24) is 5.32 Å². The molecule has 0 aliphatic heterocycles. The molecule has 80 valence electrons. The fourth-order valence-electron chi connectivity index (χ4n) is 1.00. The van der Waals surface area contributed by atoms with Crippen molar-refractivity contribution in [1.29, 1.82) is 0 Å². The molecule has 0 spiro atoms. The first kappa shape index (κ1) is 12.9. The van der Waals surface area contributed by atoms with Crippen LogP contribution in [0.1, 0.15) is 20.8 Å². The highest BCUT2D eigenvalue weighted by molar-refractivity contribution is 5.94. The molecule has 0 aliphatic carbocycles. The molecule has 0 atom stereocenters.